The average molecular weight is 219 g/mol. The van der Waals surface area contributed by atoms with Crippen molar-refractivity contribution in [3.63, 3.8) is 0 Å². The number of nitrogens with zero attached hydrogens (tertiary/aromatic N) is 1. The molecule has 84 valence electrons. The highest BCUT2D eigenvalue weighted by Crippen LogP contribution is 2.33. The normalized spacial score (nSPS) is 10.1. The zero-order chi connectivity index (χ0) is 11.5. The van der Waals surface area contributed by atoms with E-state index in [2.05, 4.69) is 10.2 Å². The van der Waals surface area contributed by atoms with E-state index in [1.54, 1.807) is 25.3 Å². The summed E-state index contributed by atoms with van der Waals surface area (Å²) >= 11 is 0. The Balaban J connectivity index is 2.28. The Bertz CT molecular complexity index is 494. The van der Waals surface area contributed by atoms with Gasteiger partial charge in [-0.25, -0.2) is 0 Å². The summed E-state index contributed by atoms with van der Waals surface area (Å²) in [6, 6.07) is 7.14. The number of aromatic amines is 1. The van der Waals surface area contributed by atoms with Gasteiger partial charge < -0.3 is 15.2 Å². The molecule has 0 spiro atoms. The van der Waals surface area contributed by atoms with Gasteiger partial charge in [0.2, 0.25) is 5.88 Å². The predicted octanol–water partition coefficient (Wildman–Crippen LogP) is 2.10. The van der Waals surface area contributed by atoms with Crippen molar-refractivity contribution in [2.75, 3.05) is 12.8 Å². The maximum absolute atomic E-state index is 5.86. The summed E-state index contributed by atoms with van der Waals surface area (Å²) in [4.78, 5) is 0. The van der Waals surface area contributed by atoms with Gasteiger partial charge in [0.15, 0.2) is 5.75 Å². The molecule has 2 aromatic rings. The van der Waals surface area contributed by atoms with E-state index in [9.17, 15) is 0 Å². The van der Waals surface area contributed by atoms with Crippen LogP contribution in [0.15, 0.2) is 24.3 Å². The number of benzene rings is 1. The Hall–Kier alpha value is -2.17. The predicted molar refractivity (Wildman–Crippen MR) is 60.8 cm³/mol. The largest absolute Gasteiger partial charge is 0.494 e. The van der Waals surface area contributed by atoms with Crippen LogP contribution >= 0.6 is 0 Å². The van der Waals surface area contributed by atoms with E-state index >= 15 is 0 Å². The van der Waals surface area contributed by atoms with E-state index in [4.69, 9.17) is 15.2 Å². The van der Waals surface area contributed by atoms with Gasteiger partial charge in [-0.3, -0.25) is 5.10 Å². The molecule has 0 saturated carbocycles. The highest BCUT2D eigenvalue weighted by atomic mass is 16.5. The van der Waals surface area contributed by atoms with E-state index in [0.29, 0.717) is 23.1 Å². The maximum Gasteiger partial charge on any atom is 0.238 e. The van der Waals surface area contributed by atoms with Crippen LogP contribution in [0.1, 0.15) is 5.69 Å². The zero-order valence-electron chi connectivity index (χ0n) is 9.15. The lowest BCUT2D eigenvalue weighted by molar-refractivity contribution is 0.410. The first kappa shape index (κ1) is 10.4. The second-order valence-electron chi connectivity index (χ2n) is 3.36. The number of anilines is 1. The number of nitrogens with one attached hydrogen (secondary N) is 1. The Kier molecular flexibility index (Phi) is 2.68. The minimum atomic E-state index is 0.464. The Labute approximate surface area is 93.2 Å². The molecule has 5 nitrogen and oxygen atoms in total. The standard InChI is InChI=1S/C11H13N3O2/c1-7-6-10(14-13-7)16-9-5-3-4-8(15-2)11(9)12/h3-6H,12H2,1-2H3,(H,13,14). The van der Waals surface area contributed by atoms with Crippen LogP contribution in [-0.2, 0) is 0 Å². The number of nitrogens with two attached hydrogens (primary N) is 1. The monoisotopic (exact) mass is 219 g/mol. The first-order valence-electron chi connectivity index (χ1n) is 4.83. The first-order valence-corrected chi connectivity index (χ1v) is 4.83. The van der Waals surface area contributed by atoms with Gasteiger partial charge in [-0.05, 0) is 19.1 Å². The molecule has 0 saturated heterocycles. The summed E-state index contributed by atoms with van der Waals surface area (Å²) in [6.07, 6.45) is 0. The van der Waals surface area contributed by atoms with Crippen molar-refractivity contribution in [1.29, 1.82) is 0 Å². The van der Waals surface area contributed by atoms with Gasteiger partial charge in [-0.2, -0.15) is 0 Å². The third-order valence-corrected chi connectivity index (χ3v) is 2.14. The summed E-state index contributed by atoms with van der Waals surface area (Å²) in [7, 11) is 1.56. The molecular weight excluding hydrogens is 206 g/mol. The molecule has 0 fully saturated rings. The fourth-order valence-electron chi connectivity index (χ4n) is 1.35. The fraction of sp³-hybridized carbons (Fsp3) is 0.182. The molecule has 0 atom stereocenters. The number of nitrogen functional groups attached to an aromatic ring is 1. The van der Waals surface area contributed by atoms with Gasteiger partial charge >= 0.3 is 0 Å². The Morgan fingerprint density at radius 3 is 2.69 bits per heavy atom. The van der Waals surface area contributed by atoms with E-state index in [0.717, 1.165) is 5.69 Å². The third-order valence-electron chi connectivity index (χ3n) is 2.14. The van der Waals surface area contributed by atoms with Crippen molar-refractivity contribution in [2.45, 2.75) is 6.92 Å². The number of aromatic nitrogens is 2. The molecule has 3 N–H and O–H groups in total. The second kappa shape index (κ2) is 4.14. The summed E-state index contributed by atoms with van der Waals surface area (Å²) in [5.74, 6) is 1.60. The van der Waals surface area contributed by atoms with Crippen molar-refractivity contribution < 1.29 is 9.47 Å². The lowest BCUT2D eigenvalue weighted by Crippen LogP contribution is -1.96. The van der Waals surface area contributed by atoms with E-state index in [1.807, 2.05) is 13.0 Å². The van der Waals surface area contributed by atoms with E-state index in [1.165, 1.54) is 0 Å². The molecule has 0 aliphatic rings. The first-order chi connectivity index (χ1) is 7.70. The third kappa shape index (κ3) is 1.93. The Morgan fingerprint density at radius 1 is 1.31 bits per heavy atom. The van der Waals surface area contributed by atoms with Gasteiger partial charge in [0.1, 0.15) is 11.4 Å². The molecule has 1 aromatic carbocycles. The molecule has 0 aliphatic carbocycles. The number of para-hydroxylation sites is 1. The topological polar surface area (TPSA) is 73.2 Å². The van der Waals surface area contributed by atoms with Gasteiger partial charge in [0, 0.05) is 11.8 Å². The van der Waals surface area contributed by atoms with Crippen molar-refractivity contribution >= 4 is 5.69 Å². The maximum atomic E-state index is 5.86. The van der Waals surface area contributed by atoms with Crippen LogP contribution in [0.4, 0.5) is 5.69 Å². The lowest BCUT2D eigenvalue weighted by atomic mass is 10.3. The van der Waals surface area contributed by atoms with Crippen LogP contribution in [0.25, 0.3) is 0 Å². The van der Waals surface area contributed by atoms with Gasteiger partial charge in [-0.1, -0.05) is 6.07 Å². The summed E-state index contributed by atoms with van der Waals surface area (Å²) in [5, 5.41) is 6.75. The van der Waals surface area contributed by atoms with Crippen LogP contribution in [0, 0.1) is 6.92 Å². The van der Waals surface area contributed by atoms with Crippen molar-refractivity contribution in [2.24, 2.45) is 0 Å². The zero-order valence-corrected chi connectivity index (χ0v) is 9.15. The summed E-state index contributed by atoms with van der Waals surface area (Å²) in [6.45, 7) is 1.90. The summed E-state index contributed by atoms with van der Waals surface area (Å²) in [5.41, 5.74) is 7.25. The number of aryl methyl sites for hydroxylation is 1. The molecule has 1 heterocycles. The molecule has 0 aliphatic heterocycles. The SMILES string of the molecule is COc1cccc(Oc2cc(C)[nH]n2)c1N. The molecule has 2 rings (SSSR count). The number of H-pyrrole nitrogens is 1. The smallest absolute Gasteiger partial charge is 0.238 e. The molecule has 0 amide bonds. The molecule has 5 heteroatoms. The van der Waals surface area contributed by atoms with Gasteiger partial charge in [-0.15, -0.1) is 5.10 Å². The van der Waals surface area contributed by atoms with Gasteiger partial charge in [0.25, 0.3) is 0 Å². The molecule has 0 unspecified atom stereocenters. The summed E-state index contributed by atoms with van der Waals surface area (Å²) < 4.78 is 10.6. The van der Waals surface area contributed by atoms with Crippen LogP contribution in [0.5, 0.6) is 17.4 Å². The van der Waals surface area contributed by atoms with Crippen molar-refractivity contribution in [1.82, 2.24) is 10.2 Å². The molecule has 0 bridgehead atoms. The van der Waals surface area contributed by atoms with E-state index < -0.39 is 0 Å². The van der Waals surface area contributed by atoms with Crippen LogP contribution in [0.3, 0.4) is 0 Å². The van der Waals surface area contributed by atoms with E-state index in [-0.39, 0.29) is 0 Å². The minimum Gasteiger partial charge on any atom is -0.494 e. The van der Waals surface area contributed by atoms with Crippen LogP contribution in [0.2, 0.25) is 0 Å². The number of hydrogen-bond acceptors (Lipinski definition) is 4. The minimum absolute atomic E-state index is 0.464. The highest BCUT2D eigenvalue weighted by Gasteiger charge is 2.08. The quantitative estimate of drug-likeness (QED) is 0.775. The number of hydrogen-bond donors (Lipinski definition) is 2. The van der Waals surface area contributed by atoms with Crippen molar-refractivity contribution in [3.05, 3.63) is 30.0 Å². The number of ether oxygens (including phenoxy) is 2. The molecular formula is C11H13N3O2. The van der Waals surface area contributed by atoms with Crippen LogP contribution in [-0.4, -0.2) is 17.3 Å². The van der Waals surface area contributed by atoms with Gasteiger partial charge in [0.05, 0.1) is 7.11 Å². The fourth-order valence-corrected chi connectivity index (χ4v) is 1.35. The van der Waals surface area contributed by atoms with Crippen molar-refractivity contribution in [3.8, 4) is 17.4 Å². The average Bonchev–Trinajstić information content (AvgIpc) is 2.67. The molecule has 1 aromatic heterocycles. The van der Waals surface area contributed by atoms with Crippen LogP contribution < -0.4 is 15.2 Å². The second-order valence-corrected chi connectivity index (χ2v) is 3.36. The lowest BCUT2D eigenvalue weighted by Gasteiger charge is -2.08. The Morgan fingerprint density at radius 2 is 2.06 bits per heavy atom. The molecule has 16 heavy (non-hydrogen) atoms. The number of rotatable bonds is 3. The highest BCUT2D eigenvalue weighted by molar-refractivity contribution is 5.63. The molecule has 0 radical (unpaired) electrons. The number of methoxy groups -OCH3 is 1.